The van der Waals surface area contributed by atoms with Gasteiger partial charge in [0.15, 0.2) is 0 Å². The number of rotatable bonds is 19. The van der Waals surface area contributed by atoms with E-state index in [4.69, 9.17) is 27.2 Å². The second-order valence-corrected chi connectivity index (χ2v) is 12.3. The van der Waals surface area contributed by atoms with Crippen LogP contribution in [0.5, 0.6) is 0 Å². The Bertz CT molecular complexity index is 268. The van der Waals surface area contributed by atoms with Crippen molar-refractivity contribution in [2.75, 3.05) is 52.2 Å². The third-order valence-electron chi connectivity index (χ3n) is 3.59. The minimum atomic E-state index is -1.75. The fourth-order valence-corrected chi connectivity index (χ4v) is 8.71. The van der Waals surface area contributed by atoms with Gasteiger partial charge in [0.1, 0.15) is 0 Å². The lowest BCUT2D eigenvalue weighted by Crippen LogP contribution is -2.39. The van der Waals surface area contributed by atoms with Gasteiger partial charge < -0.3 is 27.2 Å². The maximum Gasteiger partial charge on any atom is 0.351 e. The van der Waals surface area contributed by atoms with Gasteiger partial charge in [0.2, 0.25) is 0 Å². The van der Waals surface area contributed by atoms with Crippen molar-refractivity contribution in [1.29, 1.82) is 0 Å². The highest BCUT2D eigenvalue weighted by molar-refractivity contribution is 8.76. The summed E-state index contributed by atoms with van der Waals surface area (Å²) in [6.07, 6.45) is 1.90. The van der Waals surface area contributed by atoms with Crippen molar-refractivity contribution in [1.82, 2.24) is 0 Å². The first kappa shape index (κ1) is 26.9. The average molecular weight is 447 g/mol. The molecule has 0 fully saturated rings. The van der Waals surface area contributed by atoms with E-state index >= 15 is 0 Å². The summed E-state index contributed by atoms with van der Waals surface area (Å²) >= 11 is 0. The first-order valence-corrected chi connectivity index (χ1v) is 15.1. The van der Waals surface area contributed by atoms with E-state index in [1.165, 1.54) is 0 Å². The van der Waals surface area contributed by atoms with Crippen LogP contribution in [0.2, 0.25) is 0 Å². The Hall–Kier alpha value is 0.894. The van der Waals surface area contributed by atoms with Crippen molar-refractivity contribution in [3.05, 3.63) is 0 Å². The maximum absolute atomic E-state index is 5.77. The van der Waals surface area contributed by atoms with E-state index in [9.17, 15) is 0 Å². The van der Waals surface area contributed by atoms with Crippen molar-refractivity contribution < 1.29 is 27.2 Å². The lowest BCUT2D eigenvalue weighted by atomic mass is 10.5. The Balaban J connectivity index is 4.07. The highest BCUT2D eigenvalue weighted by atomic mass is 33.1. The molecule has 0 rings (SSSR count). The predicted molar refractivity (Wildman–Crippen MR) is 117 cm³/mol. The van der Waals surface area contributed by atoms with Crippen LogP contribution in [0.3, 0.4) is 0 Å². The molecule has 0 N–H and O–H groups in total. The summed E-state index contributed by atoms with van der Waals surface area (Å²) in [4.78, 5) is 0. The molecule has 0 amide bonds. The lowest BCUT2D eigenvalue weighted by Gasteiger charge is -2.24. The van der Waals surface area contributed by atoms with Gasteiger partial charge in [0.05, 0.1) is 11.5 Å². The van der Waals surface area contributed by atoms with Gasteiger partial charge in [-0.3, -0.25) is 0 Å². The monoisotopic (exact) mass is 446 g/mol. The van der Waals surface area contributed by atoms with Gasteiger partial charge in [-0.15, -0.1) is 0 Å². The van der Waals surface area contributed by atoms with Crippen LogP contribution >= 0.6 is 21.6 Å². The summed E-state index contributed by atoms with van der Waals surface area (Å²) in [6, 6.07) is 0. The van der Waals surface area contributed by atoms with Gasteiger partial charge in [0, 0.05) is 52.2 Å². The minimum absolute atomic E-state index is 0.0995. The molecule has 0 bridgehead atoms. The Labute approximate surface area is 171 Å². The first-order chi connectivity index (χ1) is 12.7. The zero-order valence-corrected chi connectivity index (χ0v) is 21.2. The number of ether oxygens (including phenoxy) is 2. The van der Waals surface area contributed by atoms with Crippen LogP contribution in [0.25, 0.3) is 0 Å². The summed E-state index contributed by atoms with van der Waals surface area (Å²) < 4.78 is 34.3. The molecule has 0 aliphatic heterocycles. The van der Waals surface area contributed by atoms with Crippen molar-refractivity contribution >= 4 is 40.2 Å². The summed E-state index contributed by atoms with van der Waals surface area (Å²) in [5, 5.41) is 0. The highest BCUT2D eigenvalue weighted by Crippen LogP contribution is 2.25. The summed E-state index contributed by atoms with van der Waals surface area (Å²) in [6.45, 7) is 10.7. The Kier molecular flexibility index (Phi) is 19.9. The lowest BCUT2D eigenvalue weighted by molar-refractivity contribution is 0.0964. The van der Waals surface area contributed by atoms with Crippen LogP contribution in [0.4, 0.5) is 0 Å². The van der Waals surface area contributed by atoms with Crippen LogP contribution in [0.1, 0.15) is 40.5 Å². The molecule has 0 aliphatic carbocycles. The molecule has 0 aliphatic rings. The summed E-state index contributed by atoms with van der Waals surface area (Å²) in [7, 11) is 3.72. The van der Waals surface area contributed by atoms with Gasteiger partial charge in [-0.1, -0.05) is 21.6 Å². The van der Waals surface area contributed by atoms with Crippen LogP contribution in [-0.2, 0) is 27.2 Å². The molecular weight excluding hydrogens is 408 g/mol. The third kappa shape index (κ3) is 12.4. The molecule has 0 spiro atoms. The smallest absolute Gasteiger partial charge is 0.351 e. The minimum Gasteiger partial charge on any atom is -0.395 e. The molecule has 0 aromatic carbocycles. The largest absolute Gasteiger partial charge is 0.395 e. The van der Waals surface area contributed by atoms with E-state index in [2.05, 4.69) is 0 Å². The second kappa shape index (κ2) is 19.2. The second-order valence-electron chi connectivity index (χ2n) is 5.33. The number of methoxy groups -OCH3 is 2. The Morgan fingerprint density at radius 1 is 0.615 bits per heavy atom. The molecule has 0 saturated carbocycles. The Morgan fingerprint density at radius 2 is 0.923 bits per heavy atom. The summed E-state index contributed by atoms with van der Waals surface area (Å²) in [5.41, 5.74) is 0.199. The fraction of sp³-hybridized carbons (Fsp3) is 1.00. The molecule has 10 heteroatoms. The van der Waals surface area contributed by atoms with Crippen LogP contribution in [0, 0.1) is 0 Å². The van der Waals surface area contributed by atoms with Crippen molar-refractivity contribution in [3.8, 4) is 0 Å². The maximum atomic E-state index is 5.77. The normalized spacial score (nSPS) is 14.3. The molecule has 0 aromatic heterocycles. The van der Waals surface area contributed by atoms with Crippen molar-refractivity contribution in [3.63, 3.8) is 0 Å². The molecular formula is C16H38O6S2Si2. The van der Waals surface area contributed by atoms with E-state index in [1.54, 1.807) is 14.2 Å². The molecule has 0 aromatic rings. The van der Waals surface area contributed by atoms with Crippen molar-refractivity contribution in [2.45, 2.75) is 52.0 Å². The van der Waals surface area contributed by atoms with E-state index in [1.807, 2.05) is 49.3 Å². The van der Waals surface area contributed by atoms with Crippen LogP contribution in [0.15, 0.2) is 0 Å². The van der Waals surface area contributed by atoms with E-state index in [-0.39, 0.29) is 11.5 Å². The molecule has 0 heterocycles. The molecule has 158 valence electrons. The standard InChI is InChI=1S/C16H38O6S2Si2/c1-7-19-25(20-8-2)15(17-5)11-13-23-24-14-12-16(18-6)26(21-9-3)22-10-4/h15-16,25-26H,7-14H2,1-6H3. The summed E-state index contributed by atoms with van der Waals surface area (Å²) in [5.74, 6) is 2.03. The molecule has 6 nitrogen and oxygen atoms in total. The van der Waals surface area contributed by atoms with Crippen molar-refractivity contribution in [2.24, 2.45) is 0 Å². The van der Waals surface area contributed by atoms with Gasteiger partial charge in [-0.2, -0.15) is 0 Å². The quantitative estimate of drug-likeness (QED) is 0.171. The topological polar surface area (TPSA) is 55.4 Å². The first-order valence-electron chi connectivity index (χ1n) is 9.44. The van der Waals surface area contributed by atoms with E-state index in [0.717, 1.165) is 24.3 Å². The molecule has 2 unspecified atom stereocenters. The Morgan fingerprint density at radius 3 is 1.15 bits per heavy atom. The van der Waals surface area contributed by atoms with Gasteiger partial charge in [-0.05, 0) is 40.5 Å². The average Bonchev–Trinajstić information content (AvgIpc) is 2.64. The zero-order valence-electron chi connectivity index (χ0n) is 17.2. The fourth-order valence-electron chi connectivity index (χ4n) is 2.36. The van der Waals surface area contributed by atoms with Crippen LogP contribution in [-0.4, -0.2) is 82.2 Å². The highest BCUT2D eigenvalue weighted by Gasteiger charge is 2.27. The zero-order chi connectivity index (χ0) is 19.6. The van der Waals surface area contributed by atoms with Gasteiger partial charge in [0.25, 0.3) is 0 Å². The number of hydrogen-bond donors (Lipinski definition) is 0. The molecule has 26 heavy (non-hydrogen) atoms. The predicted octanol–water partition coefficient (Wildman–Crippen LogP) is 2.84. The third-order valence-corrected chi connectivity index (χ3v) is 11.1. The number of hydrogen-bond acceptors (Lipinski definition) is 8. The van der Waals surface area contributed by atoms with E-state index < -0.39 is 18.6 Å². The van der Waals surface area contributed by atoms with Gasteiger partial charge >= 0.3 is 18.6 Å². The van der Waals surface area contributed by atoms with E-state index in [0.29, 0.717) is 26.4 Å². The molecule has 2 atom stereocenters. The molecule has 0 saturated heterocycles. The van der Waals surface area contributed by atoms with Crippen LogP contribution < -0.4 is 0 Å². The molecule has 0 radical (unpaired) electrons. The SMILES string of the molecule is CCO[SiH](OCC)C(CCSSCCC(OC)[SiH](OCC)OCC)OC. The van der Waals surface area contributed by atoms with Gasteiger partial charge in [-0.25, -0.2) is 0 Å².